The van der Waals surface area contributed by atoms with E-state index in [-0.39, 0.29) is 16.7 Å². The number of carbonyl (C=O) groups excluding carboxylic acids is 5. The summed E-state index contributed by atoms with van der Waals surface area (Å²) in [5.74, 6) is -10.8. The van der Waals surface area contributed by atoms with Gasteiger partial charge in [-0.2, -0.15) is 0 Å². The second-order valence-corrected chi connectivity index (χ2v) is 19.2. The van der Waals surface area contributed by atoms with Crippen molar-refractivity contribution in [1.29, 1.82) is 0 Å². The highest BCUT2D eigenvalue weighted by atomic mass is 16.8. The molecule has 0 unspecified atom stereocenters. The SMILES string of the molecule is CC(=O)OC[C@H]1O[C@@H](O[C@@H]2[C@@H](O[C@@H]3O[C@H](CO)[C@@H](O)[C@H](O)[C@H]3O)[C@@H](O[C@]3(COC(=O)/C=C\c4ccc(O)c(O)c4)O[C@H](CO)[C@@H](O)[C@@H]3OC(=O)c3ccccc3)O[C@H](COC(C)=O)[C@H]2OC(=O)/C=C/c2ccc(O)c(O)c2)[C@H](O)[C@@H](O)[C@@H]1O. The zero-order valence-electron chi connectivity index (χ0n) is 43.8. The van der Waals surface area contributed by atoms with Gasteiger partial charge < -0.3 is 123 Å². The molecule has 0 saturated carbocycles. The summed E-state index contributed by atoms with van der Waals surface area (Å²) < 4.78 is 70.9. The first kappa shape index (κ1) is 63.6. The third-order valence-corrected chi connectivity index (χ3v) is 13.3. The van der Waals surface area contributed by atoms with Gasteiger partial charge in [0.05, 0.1) is 18.8 Å². The van der Waals surface area contributed by atoms with E-state index in [1.54, 1.807) is 6.07 Å². The Bertz CT molecular complexity index is 2780. The molecule has 0 spiro atoms. The number of benzene rings is 3. The van der Waals surface area contributed by atoms with Gasteiger partial charge in [-0.3, -0.25) is 9.59 Å². The van der Waals surface area contributed by atoms with Gasteiger partial charge in [-0.25, -0.2) is 14.4 Å². The van der Waals surface area contributed by atoms with Crippen LogP contribution in [0.3, 0.4) is 0 Å². The topological polar surface area (TPSA) is 459 Å². The lowest BCUT2D eigenvalue weighted by Crippen LogP contribution is -2.69. The molecule has 3 aromatic rings. The van der Waals surface area contributed by atoms with Crippen molar-refractivity contribution in [3.8, 4) is 23.0 Å². The van der Waals surface area contributed by atoms with Gasteiger partial charge in [0.15, 0.2) is 54.1 Å². The average Bonchev–Trinajstić information content (AvgIpc) is 2.42. The van der Waals surface area contributed by atoms with Crippen LogP contribution in [0.4, 0.5) is 0 Å². The summed E-state index contributed by atoms with van der Waals surface area (Å²) >= 11 is 0. The molecule has 0 amide bonds. The van der Waals surface area contributed by atoms with Crippen LogP contribution < -0.4 is 0 Å². The highest BCUT2D eigenvalue weighted by molar-refractivity contribution is 5.90. The minimum Gasteiger partial charge on any atom is -0.504 e. The third-order valence-electron chi connectivity index (χ3n) is 13.3. The monoisotopic (exact) mass is 1180 g/mol. The zero-order valence-corrected chi connectivity index (χ0v) is 43.8. The lowest BCUT2D eigenvalue weighted by Gasteiger charge is -2.50. The van der Waals surface area contributed by atoms with E-state index in [4.69, 9.17) is 56.8 Å². The Morgan fingerprint density at radius 1 is 0.518 bits per heavy atom. The van der Waals surface area contributed by atoms with Crippen LogP contribution in [0.2, 0.25) is 0 Å². The summed E-state index contributed by atoms with van der Waals surface area (Å²) in [5.41, 5.74) is 0.112. The Morgan fingerprint density at radius 2 is 1.02 bits per heavy atom. The van der Waals surface area contributed by atoms with E-state index in [2.05, 4.69) is 0 Å². The van der Waals surface area contributed by atoms with Crippen LogP contribution in [0.15, 0.2) is 78.9 Å². The van der Waals surface area contributed by atoms with Crippen molar-refractivity contribution in [3.05, 3.63) is 95.6 Å². The van der Waals surface area contributed by atoms with Crippen molar-refractivity contribution >= 4 is 42.0 Å². The molecule has 0 aromatic heterocycles. The number of hydrogen-bond donors (Lipinski definition) is 13. The fraction of sp³-hybridized carbons (Fsp3) is 0.491. The van der Waals surface area contributed by atoms with Gasteiger partial charge >= 0.3 is 29.8 Å². The first-order valence-electron chi connectivity index (χ1n) is 25.3. The standard InChI is InChI=1S/C53H62O30/c1-23(56)72-20-34-39(65)42(68)44(70)51(76-34)79-46-45(78-37(63)15-11-26-9-13-29(59)31(61)17-26)35(21-73-24(2)57)77-52(47(46)80-50-43(69)41(67)38(64)32(18-54)75-50)83-53(22-74-36(62)14-10-25-8-12-28(58)30(60)16-25)48(40(66)33(19-55)82-53)81-49(71)27-6-4-3-5-7-27/h3-17,32-35,38-48,50-52,54-55,58-61,64-70H,18-22H2,1-2H3/b14-10-,15-11+/t32-,33-,34-,35-,38-,39-,40-,41+,42+,43-,44-,45-,46+,47-,48+,50+,51+,52-,53+/m1/s1. The molecule has 0 bridgehead atoms. The highest BCUT2D eigenvalue weighted by Crippen LogP contribution is 2.42. The number of aliphatic hydroxyl groups excluding tert-OH is 9. The van der Waals surface area contributed by atoms with Crippen LogP contribution in [0.5, 0.6) is 23.0 Å². The summed E-state index contributed by atoms with van der Waals surface area (Å²) in [6.07, 6.45) is -34.7. The Hall–Kier alpha value is -6.95. The van der Waals surface area contributed by atoms with Gasteiger partial charge in [-0.05, 0) is 59.7 Å². The minimum atomic E-state index is -2.98. The largest absolute Gasteiger partial charge is 0.504 e. The van der Waals surface area contributed by atoms with Crippen molar-refractivity contribution in [2.45, 2.75) is 130 Å². The first-order chi connectivity index (χ1) is 39.4. The molecule has 0 radical (unpaired) electrons. The van der Waals surface area contributed by atoms with E-state index in [0.717, 1.165) is 62.4 Å². The van der Waals surface area contributed by atoms with Crippen LogP contribution in [0, 0.1) is 0 Å². The van der Waals surface area contributed by atoms with E-state index in [1.165, 1.54) is 36.4 Å². The number of aliphatic hydroxyl groups is 9. The van der Waals surface area contributed by atoms with Crippen molar-refractivity contribution in [3.63, 3.8) is 0 Å². The van der Waals surface area contributed by atoms with E-state index in [0.29, 0.717) is 0 Å². The molecule has 19 atom stereocenters. The van der Waals surface area contributed by atoms with Crippen LogP contribution in [-0.4, -0.2) is 245 Å². The molecule has 83 heavy (non-hydrogen) atoms. The maximum absolute atomic E-state index is 14.1. The predicted molar refractivity (Wildman–Crippen MR) is 268 cm³/mol. The molecular formula is C53H62O30. The van der Waals surface area contributed by atoms with Crippen molar-refractivity contribution in [2.24, 2.45) is 0 Å². The van der Waals surface area contributed by atoms with Crippen molar-refractivity contribution in [1.82, 2.24) is 0 Å². The number of carbonyl (C=O) groups is 5. The van der Waals surface area contributed by atoms with E-state index < -0.39 is 202 Å². The number of phenols is 4. The van der Waals surface area contributed by atoms with Crippen LogP contribution in [0.25, 0.3) is 12.2 Å². The maximum Gasteiger partial charge on any atom is 0.338 e. The van der Waals surface area contributed by atoms with E-state index >= 15 is 0 Å². The zero-order chi connectivity index (χ0) is 60.4. The average molecular weight is 1180 g/mol. The van der Waals surface area contributed by atoms with Gasteiger partial charge in [0, 0.05) is 26.0 Å². The molecule has 4 saturated heterocycles. The highest BCUT2D eigenvalue weighted by Gasteiger charge is 2.64. The third kappa shape index (κ3) is 15.4. The van der Waals surface area contributed by atoms with Crippen molar-refractivity contribution in [2.75, 3.05) is 33.0 Å². The Morgan fingerprint density at radius 3 is 1.57 bits per heavy atom. The maximum atomic E-state index is 14.1. The Labute approximate surface area is 469 Å². The summed E-state index contributed by atoms with van der Waals surface area (Å²) in [4.78, 5) is 66.2. The molecule has 4 aliphatic heterocycles. The number of aromatic hydroxyl groups is 4. The summed E-state index contributed by atoms with van der Waals surface area (Å²) in [6.45, 7) is -3.25. The van der Waals surface area contributed by atoms with Gasteiger partial charge in [-0.1, -0.05) is 30.3 Å². The number of rotatable bonds is 21. The van der Waals surface area contributed by atoms with E-state index in [1.807, 2.05) is 0 Å². The summed E-state index contributed by atoms with van der Waals surface area (Å²) in [6, 6.07) is 14.0. The molecule has 30 nitrogen and oxygen atoms in total. The molecule has 3 aromatic carbocycles. The van der Waals surface area contributed by atoms with Gasteiger partial charge in [0.1, 0.15) is 99.2 Å². The number of hydrogen-bond acceptors (Lipinski definition) is 30. The second kappa shape index (κ2) is 28.1. The van der Waals surface area contributed by atoms with Gasteiger partial charge in [0.25, 0.3) is 0 Å². The summed E-state index contributed by atoms with van der Waals surface area (Å²) in [5, 5.41) is 139. The van der Waals surface area contributed by atoms with Crippen LogP contribution >= 0.6 is 0 Å². The Kier molecular flexibility index (Phi) is 21.5. The first-order valence-corrected chi connectivity index (χ1v) is 25.3. The smallest absolute Gasteiger partial charge is 0.338 e. The summed E-state index contributed by atoms with van der Waals surface area (Å²) in [7, 11) is 0. The second-order valence-electron chi connectivity index (χ2n) is 19.2. The molecule has 4 heterocycles. The van der Waals surface area contributed by atoms with Crippen molar-refractivity contribution < 1.29 is 147 Å². The minimum absolute atomic E-state index is 0.104. The number of ether oxygens (including phenoxy) is 12. The number of esters is 5. The van der Waals surface area contributed by atoms with Gasteiger partial charge in [-0.15, -0.1) is 0 Å². The molecule has 7 rings (SSSR count). The lowest BCUT2D eigenvalue weighted by molar-refractivity contribution is -0.421. The van der Waals surface area contributed by atoms with Crippen LogP contribution in [-0.2, 0) is 76.0 Å². The number of phenolic OH excluding ortho intramolecular Hbond substituents is 4. The fourth-order valence-corrected chi connectivity index (χ4v) is 8.97. The predicted octanol–water partition coefficient (Wildman–Crippen LogP) is -3.39. The quantitative estimate of drug-likeness (QED) is 0.0214. The molecule has 0 aliphatic carbocycles. The Balaban J connectivity index is 1.40. The van der Waals surface area contributed by atoms with E-state index in [9.17, 15) is 90.4 Å². The molecular weight excluding hydrogens is 1120 g/mol. The molecule has 4 fully saturated rings. The molecule has 13 N–H and O–H groups in total. The van der Waals surface area contributed by atoms with Crippen LogP contribution in [0.1, 0.15) is 35.3 Å². The molecule has 454 valence electrons. The van der Waals surface area contributed by atoms with Gasteiger partial charge in [0.2, 0.25) is 5.79 Å². The fourth-order valence-electron chi connectivity index (χ4n) is 8.97. The molecule has 4 aliphatic rings. The lowest BCUT2D eigenvalue weighted by atomic mass is 9.95. The normalized spacial score (nSPS) is 33.6. The molecule has 30 heteroatoms.